The number of anilines is 1. The van der Waals surface area contributed by atoms with E-state index in [1.54, 1.807) is 30.3 Å². The molecule has 0 unspecified atom stereocenters. The van der Waals surface area contributed by atoms with E-state index < -0.39 is 11.8 Å². The van der Waals surface area contributed by atoms with E-state index in [9.17, 15) is 9.59 Å². The van der Waals surface area contributed by atoms with Crippen molar-refractivity contribution < 1.29 is 9.59 Å². The Balaban J connectivity index is 1.91. The lowest BCUT2D eigenvalue weighted by Crippen LogP contribution is -2.28. The molecule has 0 heterocycles. The van der Waals surface area contributed by atoms with Gasteiger partial charge in [0.25, 0.3) is 11.8 Å². The lowest BCUT2D eigenvalue weighted by molar-refractivity contribution is -0.117. The molecule has 0 aliphatic carbocycles. The number of nitrogens with zero attached hydrogens (tertiary/aromatic N) is 1. The van der Waals surface area contributed by atoms with Crippen molar-refractivity contribution in [2.45, 2.75) is 6.42 Å². The molecule has 0 aromatic heterocycles. The van der Waals surface area contributed by atoms with Gasteiger partial charge in [0.1, 0.15) is 11.6 Å². The molecule has 0 spiro atoms. The zero-order valence-electron chi connectivity index (χ0n) is 13.5. The van der Waals surface area contributed by atoms with Crippen molar-refractivity contribution in [3.63, 3.8) is 0 Å². The third kappa shape index (κ3) is 5.22. The second kappa shape index (κ2) is 8.89. The fraction of sp³-hybridized carbons (Fsp3) is 0.105. The molecule has 2 amide bonds. The van der Waals surface area contributed by atoms with Crippen LogP contribution in [-0.2, 0) is 11.2 Å². The lowest BCUT2D eigenvalue weighted by atomic mass is 10.1. The Morgan fingerprint density at radius 2 is 1.76 bits per heavy atom. The molecule has 0 aliphatic heterocycles. The van der Waals surface area contributed by atoms with Gasteiger partial charge < -0.3 is 16.4 Å². The summed E-state index contributed by atoms with van der Waals surface area (Å²) in [6.45, 7) is 0.390. The molecule has 6 nitrogen and oxygen atoms in total. The predicted molar refractivity (Wildman–Crippen MR) is 95.2 cm³/mol. The third-order valence-corrected chi connectivity index (χ3v) is 3.46. The Hall–Kier alpha value is -3.59. The van der Waals surface area contributed by atoms with Crippen molar-refractivity contribution in [1.82, 2.24) is 10.6 Å². The van der Waals surface area contributed by atoms with Crippen molar-refractivity contribution in [3.8, 4) is 6.07 Å². The van der Waals surface area contributed by atoms with Crippen LogP contribution in [0.2, 0.25) is 0 Å². The number of nitriles is 1. The topological polar surface area (TPSA) is 108 Å². The zero-order chi connectivity index (χ0) is 18.1. The van der Waals surface area contributed by atoms with Crippen LogP contribution in [-0.4, -0.2) is 18.4 Å². The minimum absolute atomic E-state index is 0.184. The number of nitrogen functional groups attached to an aromatic ring is 1. The van der Waals surface area contributed by atoms with Crippen LogP contribution in [0.5, 0.6) is 0 Å². The van der Waals surface area contributed by atoms with Crippen molar-refractivity contribution in [2.24, 2.45) is 0 Å². The summed E-state index contributed by atoms with van der Waals surface area (Å²) in [4.78, 5) is 24.0. The lowest BCUT2D eigenvalue weighted by Gasteiger charge is -2.06. The van der Waals surface area contributed by atoms with E-state index in [2.05, 4.69) is 10.6 Å². The fourth-order valence-electron chi connectivity index (χ4n) is 2.13. The van der Waals surface area contributed by atoms with Crippen LogP contribution in [0.25, 0.3) is 0 Å². The molecule has 126 valence electrons. The van der Waals surface area contributed by atoms with Crippen LogP contribution in [0, 0.1) is 11.3 Å². The van der Waals surface area contributed by atoms with Gasteiger partial charge in [0.2, 0.25) is 0 Å². The van der Waals surface area contributed by atoms with Gasteiger partial charge in [-0.2, -0.15) is 5.26 Å². The molecular formula is C19H18N4O2. The van der Waals surface area contributed by atoms with Crippen LogP contribution in [0.3, 0.4) is 0 Å². The molecule has 0 saturated carbocycles. The monoisotopic (exact) mass is 334 g/mol. The number of rotatable bonds is 6. The Morgan fingerprint density at radius 1 is 1.08 bits per heavy atom. The van der Waals surface area contributed by atoms with Gasteiger partial charge in [0.15, 0.2) is 0 Å². The van der Waals surface area contributed by atoms with E-state index in [1.165, 1.54) is 0 Å². The van der Waals surface area contributed by atoms with Crippen molar-refractivity contribution >= 4 is 17.5 Å². The molecule has 0 fully saturated rings. The Kier molecular flexibility index (Phi) is 6.32. The predicted octanol–water partition coefficient (Wildman–Crippen LogP) is 1.76. The standard InChI is InChI=1S/C19H18N4O2/c20-12-15(13-23-19(25)16-8-4-5-9-17(16)21)18(24)22-11-10-14-6-2-1-3-7-14/h1-9,13H,10-11,21H2,(H,22,24)(H,23,25)/b15-13-. The van der Waals surface area contributed by atoms with Crippen molar-refractivity contribution in [2.75, 3.05) is 12.3 Å². The molecule has 2 aromatic rings. The molecule has 0 saturated heterocycles. The first-order valence-corrected chi connectivity index (χ1v) is 7.69. The molecule has 0 atom stereocenters. The van der Waals surface area contributed by atoms with Crippen LogP contribution >= 0.6 is 0 Å². The van der Waals surface area contributed by atoms with E-state index in [1.807, 2.05) is 30.3 Å². The van der Waals surface area contributed by atoms with Gasteiger partial charge >= 0.3 is 0 Å². The number of carbonyl (C=O) groups excluding carboxylic acids is 2. The van der Waals surface area contributed by atoms with Gasteiger partial charge in [-0.25, -0.2) is 0 Å². The molecule has 2 rings (SSSR count). The second-order valence-electron chi connectivity index (χ2n) is 5.22. The fourth-order valence-corrected chi connectivity index (χ4v) is 2.13. The number of para-hydroxylation sites is 1. The van der Waals surface area contributed by atoms with Crippen LogP contribution in [0.15, 0.2) is 66.4 Å². The van der Waals surface area contributed by atoms with Gasteiger partial charge in [-0.05, 0) is 24.1 Å². The highest BCUT2D eigenvalue weighted by molar-refractivity contribution is 6.01. The summed E-state index contributed by atoms with van der Waals surface area (Å²) >= 11 is 0. The summed E-state index contributed by atoms with van der Waals surface area (Å²) in [5.41, 5.74) is 7.21. The zero-order valence-corrected chi connectivity index (χ0v) is 13.5. The minimum atomic E-state index is -0.542. The van der Waals surface area contributed by atoms with E-state index in [4.69, 9.17) is 11.0 Å². The summed E-state index contributed by atoms with van der Waals surface area (Å²) in [5, 5.41) is 14.2. The van der Waals surface area contributed by atoms with Crippen LogP contribution in [0.1, 0.15) is 15.9 Å². The molecule has 25 heavy (non-hydrogen) atoms. The highest BCUT2D eigenvalue weighted by Gasteiger charge is 2.11. The second-order valence-corrected chi connectivity index (χ2v) is 5.22. The Bertz CT molecular complexity index is 823. The van der Waals surface area contributed by atoms with Gasteiger partial charge in [-0.1, -0.05) is 42.5 Å². The van der Waals surface area contributed by atoms with E-state index in [0.29, 0.717) is 18.7 Å². The highest BCUT2D eigenvalue weighted by atomic mass is 16.2. The average molecular weight is 334 g/mol. The first kappa shape index (κ1) is 17.8. The first-order valence-electron chi connectivity index (χ1n) is 7.69. The normalized spacial score (nSPS) is 10.6. The Labute approximate surface area is 146 Å². The maximum absolute atomic E-state index is 12.0. The maximum Gasteiger partial charge on any atom is 0.263 e. The molecule has 2 aromatic carbocycles. The highest BCUT2D eigenvalue weighted by Crippen LogP contribution is 2.10. The number of nitrogens with two attached hydrogens (primary N) is 1. The summed E-state index contributed by atoms with van der Waals surface area (Å²) < 4.78 is 0. The van der Waals surface area contributed by atoms with Crippen LogP contribution < -0.4 is 16.4 Å². The number of hydrogen-bond acceptors (Lipinski definition) is 4. The number of hydrogen-bond donors (Lipinski definition) is 3. The first-order chi connectivity index (χ1) is 12.1. The Morgan fingerprint density at radius 3 is 2.44 bits per heavy atom. The summed E-state index contributed by atoms with van der Waals surface area (Å²) in [6.07, 6.45) is 1.74. The number of amides is 2. The molecular weight excluding hydrogens is 316 g/mol. The molecule has 0 aliphatic rings. The van der Waals surface area contributed by atoms with E-state index in [0.717, 1.165) is 11.8 Å². The number of benzene rings is 2. The summed E-state index contributed by atoms with van der Waals surface area (Å²) in [7, 11) is 0. The van der Waals surface area contributed by atoms with Crippen molar-refractivity contribution in [1.29, 1.82) is 5.26 Å². The minimum Gasteiger partial charge on any atom is -0.398 e. The third-order valence-electron chi connectivity index (χ3n) is 3.46. The average Bonchev–Trinajstić information content (AvgIpc) is 2.63. The quantitative estimate of drug-likeness (QED) is 0.425. The summed E-state index contributed by atoms with van der Waals surface area (Å²) in [6, 6.07) is 18.0. The summed E-state index contributed by atoms with van der Waals surface area (Å²) in [5.74, 6) is -1.03. The molecule has 6 heteroatoms. The SMILES string of the molecule is N#C/C(=C/NC(=O)c1ccccc1N)C(=O)NCCc1ccccc1. The van der Waals surface area contributed by atoms with Gasteiger partial charge in [0.05, 0.1) is 5.56 Å². The van der Waals surface area contributed by atoms with Gasteiger partial charge in [-0.3, -0.25) is 9.59 Å². The van der Waals surface area contributed by atoms with E-state index >= 15 is 0 Å². The number of carbonyl (C=O) groups is 2. The molecule has 0 bridgehead atoms. The number of nitrogens with one attached hydrogen (secondary N) is 2. The van der Waals surface area contributed by atoms with E-state index in [-0.39, 0.29) is 11.1 Å². The molecule has 0 radical (unpaired) electrons. The largest absolute Gasteiger partial charge is 0.398 e. The van der Waals surface area contributed by atoms with Crippen LogP contribution in [0.4, 0.5) is 5.69 Å². The molecule has 4 N–H and O–H groups in total. The van der Waals surface area contributed by atoms with Crippen molar-refractivity contribution in [3.05, 3.63) is 77.5 Å². The maximum atomic E-state index is 12.0. The smallest absolute Gasteiger partial charge is 0.263 e. The van der Waals surface area contributed by atoms with Gasteiger partial charge in [0, 0.05) is 18.4 Å². The van der Waals surface area contributed by atoms with Gasteiger partial charge in [-0.15, -0.1) is 0 Å².